The Bertz CT molecular complexity index is 634. The molecule has 21 heavy (non-hydrogen) atoms. The molecule has 0 radical (unpaired) electrons. The summed E-state index contributed by atoms with van der Waals surface area (Å²) in [6.45, 7) is 5.08. The summed E-state index contributed by atoms with van der Waals surface area (Å²) in [5.74, 6) is 0.777. The average molecular weight is 417 g/mol. The molecule has 0 aliphatic heterocycles. The van der Waals surface area contributed by atoms with Crippen molar-refractivity contribution in [1.82, 2.24) is 5.32 Å². The maximum Gasteiger partial charge on any atom is 0.144 e. The van der Waals surface area contributed by atoms with E-state index in [2.05, 4.69) is 51.0 Å². The summed E-state index contributed by atoms with van der Waals surface area (Å²) in [6, 6.07) is 10.4. The molecule has 0 aliphatic carbocycles. The molecule has 1 unspecified atom stereocenters. The van der Waals surface area contributed by atoms with Gasteiger partial charge in [0, 0.05) is 16.6 Å². The second-order valence-electron chi connectivity index (χ2n) is 4.64. The Morgan fingerprint density at radius 3 is 2.57 bits per heavy atom. The number of rotatable bonds is 5. The molecule has 0 spiro atoms. The van der Waals surface area contributed by atoms with Gasteiger partial charge in [0.25, 0.3) is 0 Å². The lowest BCUT2D eigenvalue weighted by molar-refractivity contribution is 0.472. The van der Waals surface area contributed by atoms with E-state index in [0.29, 0.717) is 16.0 Å². The highest BCUT2D eigenvalue weighted by atomic mass is 79.9. The lowest BCUT2D eigenvalue weighted by atomic mass is 10.1. The number of hydrogen-bond donors (Lipinski definition) is 1. The van der Waals surface area contributed by atoms with Crippen LogP contribution in [0.2, 0.25) is 0 Å². The molecule has 2 nitrogen and oxygen atoms in total. The van der Waals surface area contributed by atoms with Crippen molar-refractivity contribution in [2.45, 2.75) is 19.9 Å². The molecule has 0 aromatic heterocycles. The third-order valence-corrected chi connectivity index (χ3v) is 4.41. The molecule has 0 aliphatic rings. The minimum absolute atomic E-state index is 0.249. The normalized spacial score (nSPS) is 12.2. The zero-order valence-electron chi connectivity index (χ0n) is 11.8. The topological polar surface area (TPSA) is 21.3 Å². The van der Waals surface area contributed by atoms with E-state index in [9.17, 15) is 4.39 Å². The van der Waals surface area contributed by atoms with Crippen LogP contribution in [0.4, 0.5) is 4.39 Å². The van der Waals surface area contributed by atoms with E-state index in [-0.39, 0.29) is 11.9 Å². The third-order valence-electron chi connectivity index (χ3n) is 3.07. The third kappa shape index (κ3) is 4.28. The minimum atomic E-state index is -0.329. The average Bonchev–Trinajstić information content (AvgIpc) is 2.43. The second kappa shape index (κ2) is 7.38. The summed E-state index contributed by atoms with van der Waals surface area (Å²) in [5, 5.41) is 3.36. The van der Waals surface area contributed by atoms with E-state index in [1.807, 2.05) is 18.2 Å². The number of hydrogen-bond acceptors (Lipinski definition) is 2. The molecule has 0 amide bonds. The Balaban J connectivity index is 2.22. The number of halogens is 3. The first kappa shape index (κ1) is 16.5. The van der Waals surface area contributed by atoms with Gasteiger partial charge in [-0.3, -0.25) is 0 Å². The van der Waals surface area contributed by atoms with Crippen molar-refractivity contribution in [3.05, 3.63) is 56.7 Å². The monoisotopic (exact) mass is 415 g/mol. The fourth-order valence-electron chi connectivity index (χ4n) is 2.02. The molecule has 112 valence electrons. The van der Waals surface area contributed by atoms with Gasteiger partial charge < -0.3 is 10.1 Å². The number of ether oxygens (including phenoxy) is 1. The van der Waals surface area contributed by atoms with E-state index in [4.69, 9.17) is 4.74 Å². The van der Waals surface area contributed by atoms with E-state index >= 15 is 0 Å². The molecule has 0 saturated heterocycles. The Kier molecular flexibility index (Phi) is 5.79. The first-order valence-corrected chi connectivity index (χ1v) is 8.25. The Hall–Kier alpha value is -0.910. The van der Waals surface area contributed by atoms with Gasteiger partial charge >= 0.3 is 0 Å². The van der Waals surface area contributed by atoms with Crippen LogP contribution in [-0.4, -0.2) is 6.54 Å². The van der Waals surface area contributed by atoms with Crippen molar-refractivity contribution in [2.75, 3.05) is 6.54 Å². The van der Waals surface area contributed by atoms with Gasteiger partial charge in [-0.25, -0.2) is 4.39 Å². The zero-order chi connectivity index (χ0) is 15.4. The summed E-state index contributed by atoms with van der Waals surface area (Å²) < 4.78 is 20.7. The fraction of sp³-hybridized carbons (Fsp3) is 0.250. The maximum atomic E-state index is 13.3. The highest BCUT2D eigenvalue weighted by molar-refractivity contribution is 9.10. The predicted molar refractivity (Wildman–Crippen MR) is 90.4 cm³/mol. The van der Waals surface area contributed by atoms with Crippen LogP contribution in [0.25, 0.3) is 0 Å². The van der Waals surface area contributed by atoms with Crippen molar-refractivity contribution in [3.8, 4) is 11.5 Å². The van der Waals surface area contributed by atoms with Gasteiger partial charge in [-0.15, -0.1) is 0 Å². The van der Waals surface area contributed by atoms with Gasteiger partial charge in [0.15, 0.2) is 0 Å². The highest BCUT2D eigenvalue weighted by Crippen LogP contribution is 2.33. The van der Waals surface area contributed by atoms with Crippen molar-refractivity contribution in [1.29, 1.82) is 0 Å². The maximum absolute atomic E-state index is 13.3. The van der Waals surface area contributed by atoms with Crippen LogP contribution in [0, 0.1) is 5.82 Å². The van der Waals surface area contributed by atoms with Crippen LogP contribution >= 0.6 is 31.9 Å². The molecule has 0 fully saturated rings. The molecule has 0 saturated carbocycles. The summed E-state index contributed by atoms with van der Waals surface area (Å²) in [4.78, 5) is 0. The molecule has 1 atom stereocenters. The molecule has 2 aromatic carbocycles. The number of nitrogens with one attached hydrogen (secondary N) is 1. The first-order valence-electron chi connectivity index (χ1n) is 6.67. The summed E-state index contributed by atoms with van der Waals surface area (Å²) in [7, 11) is 0. The van der Waals surface area contributed by atoms with Crippen molar-refractivity contribution in [3.63, 3.8) is 0 Å². The molecule has 2 aromatic rings. The predicted octanol–water partition coefficient (Wildman–Crippen LogP) is 5.81. The van der Waals surface area contributed by atoms with Crippen molar-refractivity contribution >= 4 is 31.9 Å². The Morgan fingerprint density at radius 1 is 1.14 bits per heavy atom. The molecule has 0 bridgehead atoms. The Morgan fingerprint density at radius 2 is 1.90 bits per heavy atom. The van der Waals surface area contributed by atoms with Crippen LogP contribution in [0.3, 0.4) is 0 Å². The summed E-state index contributed by atoms with van der Waals surface area (Å²) >= 11 is 6.91. The van der Waals surface area contributed by atoms with Gasteiger partial charge in [-0.05, 0) is 59.2 Å². The van der Waals surface area contributed by atoms with Crippen LogP contribution in [-0.2, 0) is 0 Å². The van der Waals surface area contributed by atoms with Crippen LogP contribution < -0.4 is 10.1 Å². The number of benzene rings is 2. The van der Waals surface area contributed by atoms with Crippen LogP contribution in [0.5, 0.6) is 11.5 Å². The van der Waals surface area contributed by atoms with E-state index in [0.717, 1.165) is 16.6 Å². The summed E-state index contributed by atoms with van der Waals surface area (Å²) in [5.41, 5.74) is 1.16. The van der Waals surface area contributed by atoms with Crippen molar-refractivity contribution < 1.29 is 9.13 Å². The Labute approximate surface area is 141 Å². The van der Waals surface area contributed by atoms with Crippen LogP contribution in [0.1, 0.15) is 25.5 Å². The highest BCUT2D eigenvalue weighted by Gasteiger charge is 2.10. The van der Waals surface area contributed by atoms with E-state index in [1.165, 1.54) is 12.1 Å². The molecular formula is C16H16Br2FNO. The molecule has 5 heteroatoms. The lowest BCUT2D eigenvalue weighted by Crippen LogP contribution is -2.17. The minimum Gasteiger partial charge on any atom is -0.456 e. The van der Waals surface area contributed by atoms with E-state index in [1.54, 1.807) is 6.07 Å². The fourth-order valence-corrected chi connectivity index (χ4v) is 3.05. The molecule has 1 N–H and O–H groups in total. The van der Waals surface area contributed by atoms with Gasteiger partial charge in [0.2, 0.25) is 0 Å². The van der Waals surface area contributed by atoms with Crippen LogP contribution in [0.15, 0.2) is 45.3 Å². The van der Waals surface area contributed by atoms with E-state index < -0.39 is 0 Å². The molecule has 0 heterocycles. The first-order chi connectivity index (χ1) is 10.0. The zero-order valence-corrected chi connectivity index (χ0v) is 15.0. The molecular weight excluding hydrogens is 401 g/mol. The van der Waals surface area contributed by atoms with Gasteiger partial charge in [0.05, 0.1) is 4.47 Å². The largest absolute Gasteiger partial charge is 0.456 e. The molecule has 2 rings (SSSR count). The summed E-state index contributed by atoms with van der Waals surface area (Å²) in [6.07, 6.45) is 0. The van der Waals surface area contributed by atoms with Gasteiger partial charge in [-0.2, -0.15) is 0 Å². The quantitative estimate of drug-likeness (QED) is 0.663. The van der Waals surface area contributed by atoms with Gasteiger partial charge in [0.1, 0.15) is 17.3 Å². The lowest BCUT2D eigenvalue weighted by Gasteiger charge is -2.16. The second-order valence-corrected chi connectivity index (χ2v) is 6.35. The standard InChI is InChI=1S/C16H16Br2FNO/c1-3-20-10(2)13-6-5-12(9-15(13)18)21-16-8-11(19)4-7-14(16)17/h4-10,20H,3H2,1-2H3. The van der Waals surface area contributed by atoms with Gasteiger partial charge in [-0.1, -0.05) is 28.9 Å². The smallest absolute Gasteiger partial charge is 0.144 e. The SMILES string of the molecule is CCNC(C)c1ccc(Oc2cc(F)ccc2Br)cc1Br. The van der Waals surface area contributed by atoms with Crippen molar-refractivity contribution in [2.24, 2.45) is 0 Å².